The summed E-state index contributed by atoms with van der Waals surface area (Å²) in [6.45, 7) is 1.95. The molecule has 2 aromatic rings. The molecule has 0 amide bonds. The second-order valence-electron chi connectivity index (χ2n) is 5.00. The van der Waals surface area contributed by atoms with Gasteiger partial charge in [0.1, 0.15) is 0 Å². The van der Waals surface area contributed by atoms with Gasteiger partial charge >= 0.3 is 0 Å². The molecule has 0 bridgehead atoms. The van der Waals surface area contributed by atoms with Crippen LogP contribution in [0.1, 0.15) is 30.4 Å². The topological polar surface area (TPSA) is 17.1 Å². The molecule has 3 rings (SSSR count). The summed E-state index contributed by atoms with van der Waals surface area (Å²) in [6.07, 6.45) is 0.597. The number of allylic oxidation sites excluding steroid dienone is 2. The first-order valence-electron chi connectivity index (χ1n) is 6.61. The van der Waals surface area contributed by atoms with Gasteiger partial charge in [0.25, 0.3) is 0 Å². The van der Waals surface area contributed by atoms with Gasteiger partial charge in [-0.3, -0.25) is 4.79 Å². The van der Waals surface area contributed by atoms with Crippen LogP contribution in [0.3, 0.4) is 0 Å². The van der Waals surface area contributed by atoms with E-state index in [2.05, 4.69) is 24.3 Å². The predicted octanol–water partition coefficient (Wildman–Crippen LogP) is 4.22. The first-order valence-corrected chi connectivity index (χ1v) is 6.61. The monoisotopic (exact) mass is 248 g/mol. The molecule has 1 nitrogen and oxygen atoms in total. The number of rotatable bonds is 2. The number of benzene rings is 2. The van der Waals surface area contributed by atoms with Gasteiger partial charge in [0.2, 0.25) is 0 Å². The lowest BCUT2D eigenvalue weighted by atomic mass is 9.88. The summed E-state index contributed by atoms with van der Waals surface area (Å²) in [5.41, 5.74) is 4.50. The molecule has 0 heterocycles. The molecule has 1 atom stereocenters. The number of hydrogen-bond acceptors (Lipinski definition) is 1. The molecule has 1 heteroatoms. The molecule has 2 aromatic carbocycles. The van der Waals surface area contributed by atoms with Crippen molar-refractivity contribution < 1.29 is 4.79 Å². The van der Waals surface area contributed by atoms with Crippen molar-refractivity contribution in [1.82, 2.24) is 0 Å². The average Bonchev–Trinajstić information content (AvgIpc) is 2.77. The fourth-order valence-corrected chi connectivity index (χ4v) is 2.86. The highest BCUT2D eigenvalue weighted by atomic mass is 16.1. The van der Waals surface area contributed by atoms with E-state index in [-0.39, 0.29) is 11.7 Å². The van der Waals surface area contributed by atoms with Crippen molar-refractivity contribution in [2.75, 3.05) is 0 Å². The predicted molar refractivity (Wildman–Crippen MR) is 77.8 cm³/mol. The molecular weight excluding hydrogens is 232 g/mol. The quantitative estimate of drug-likeness (QED) is 0.777. The van der Waals surface area contributed by atoms with E-state index in [0.717, 1.165) is 5.57 Å². The number of hydrogen-bond donors (Lipinski definition) is 0. The summed E-state index contributed by atoms with van der Waals surface area (Å²) in [6, 6.07) is 20.6. The van der Waals surface area contributed by atoms with Crippen LogP contribution in [0.4, 0.5) is 0 Å². The van der Waals surface area contributed by atoms with Crippen LogP contribution in [-0.4, -0.2) is 5.78 Å². The largest absolute Gasteiger partial charge is 0.295 e. The minimum atomic E-state index is 0.205. The molecule has 0 spiro atoms. The fraction of sp³-hybridized carbons (Fsp3) is 0.167. The molecule has 0 saturated heterocycles. The molecule has 19 heavy (non-hydrogen) atoms. The summed E-state index contributed by atoms with van der Waals surface area (Å²) in [5.74, 6) is 0.476. The van der Waals surface area contributed by atoms with E-state index in [4.69, 9.17) is 0 Å². The Kier molecular flexibility index (Phi) is 3.04. The SMILES string of the molecule is CC1=C(c2ccccc2)[C@H](c2ccccc2)CC1=O. The molecule has 0 fully saturated rings. The van der Waals surface area contributed by atoms with Crippen molar-refractivity contribution in [2.24, 2.45) is 0 Å². The Morgan fingerprint density at radius 3 is 2.11 bits per heavy atom. The highest BCUT2D eigenvalue weighted by Crippen LogP contribution is 2.43. The van der Waals surface area contributed by atoms with Crippen LogP contribution in [0.25, 0.3) is 5.57 Å². The van der Waals surface area contributed by atoms with E-state index in [1.807, 2.05) is 43.3 Å². The summed E-state index contributed by atoms with van der Waals surface area (Å²) in [7, 11) is 0. The maximum absolute atomic E-state index is 12.1. The number of ketones is 1. The Balaban J connectivity index is 2.10. The summed E-state index contributed by atoms with van der Waals surface area (Å²) >= 11 is 0. The lowest BCUT2D eigenvalue weighted by Crippen LogP contribution is -1.99. The number of carbonyl (C=O) groups excluding carboxylic acids is 1. The summed E-state index contributed by atoms with van der Waals surface area (Å²) < 4.78 is 0. The van der Waals surface area contributed by atoms with Crippen molar-refractivity contribution in [3.8, 4) is 0 Å². The highest BCUT2D eigenvalue weighted by molar-refractivity contribution is 6.08. The van der Waals surface area contributed by atoms with Gasteiger partial charge in [-0.15, -0.1) is 0 Å². The number of Topliss-reactive ketones (excluding diaryl/α,β-unsaturated/α-hetero) is 1. The maximum Gasteiger partial charge on any atom is 0.159 e. The molecule has 0 radical (unpaired) electrons. The fourth-order valence-electron chi connectivity index (χ4n) is 2.86. The van der Waals surface area contributed by atoms with Gasteiger partial charge in [-0.25, -0.2) is 0 Å². The van der Waals surface area contributed by atoms with Gasteiger partial charge in [0, 0.05) is 12.3 Å². The van der Waals surface area contributed by atoms with E-state index < -0.39 is 0 Å². The van der Waals surface area contributed by atoms with Gasteiger partial charge in [-0.1, -0.05) is 60.7 Å². The van der Waals surface area contributed by atoms with Gasteiger partial charge in [-0.05, 0) is 29.2 Å². The first kappa shape index (κ1) is 11.9. The van der Waals surface area contributed by atoms with Crippen molar-refractivity contribution >= 4 is 11.4 Å². The smallest absolute Gasteiger partial charge is 0.159 e. The summed E-state index contributed by atoms with van der Waals surface area (Å²) in [4.78, 5) is 12.1. The molecule has 0 N–H and O–H groups in total. The lowest BCUT2D eigenvalue weighted by molar-refractivity contribution is -0.115. The summed E-state index contributed by atoms with van der Waals surface area (Å²) in [5, 5.41) is 0. The molecule has 0 aliphatic heterocycles. The Bertz CT molecular complexity index is 623. The third-order valence-corrected chi connectivity index (χ3v) is 3.85. The zero-order chi connectivity index (χ0) is 13.2. The van der Waals surface area contributed by atoms with Crippen LogP contribution >= 0.6 is 0 Å². The van der Waals surface area contributed by atoms with Crippen molar-refractivity contribution in [3.05, 3.63) is 77.4 Å². The molecule has 1 aliphatic rings. The standard InChI is InChI=1S/C18H16O/c1-13-17(19)12-16(14-8-4-2-5-9-14)18(13)15-10-6-3-7-11-15/h2-11,16H,12H2,1H3/t16-/m0/s1. The Morgan fingerprint density at radius 2 is 1.47 bits per heavy atom. The van der Waals surface area contributed by atoms with E-state index in [1.165, 1.54) is 16.7 Å². The van der Waals surface area contributed by atoms with Crippen LogP contribution in [0.5, 0.6) is 0 Å². The third-order valence-electron chi connectivity index (χ3n) is 3.85. The van der Waals surface area contributed by atoms with Gasteiger partial charge in [0.15, 0.2) is 5.78 Å². The maximum atomic E-state index is 12.1. The van der Waals surface area contributed by atoms with Gasteiger partial charge in [-0.2, -0.15) is 0 Å². The third kappa shape index (κ3) is 2.12. The second-order valence-corrected chi connectivity index (χ2v) is 5.00. The zero-order valence-electron chi connectivity index (χ0n) is 11.0. The Hall–Kier alpha value is -2.15. The van der Waals surface area contributed by atoms with Crippen LogP contribution in [0.15, 0.2) is 66.2 Å². The van der Waals surface area contributed by atoms with Gasteiger partial charge in [0.05, 0.1) is 0 Å². The minimum absolute atomic E-state index is 0.205. The molecule has 94 valence electrons. The highest BCUT2D eigenvalue weighted by Gasteiger charge is 2.31. The van der Waals surface area contributed by atoms with Crippen LogP contribution in [0, 0.1) is 0 Å². The lowest BCUT2D eigenvalue weighted by Gasteiger charge is -2.15. The normalized spacial score (nSPS) is 19.0. The Labute approximate surface area is 113 Å². The van der Waals surface area contributed by atoms with E-state index in [1.54, 1.807) is 0 Å². The van der Waals surface area contributed by atoms with E-state index in [0.29, 0.717) is 6.42 Å². The van der Waals surface area contributed by atoms with Crippen molar-refractivity contribution in [1.29, 1.82) is 0 Å². The molecule has 0 saturated carbocycles. The minimum Gasteiger partial charge on any atom is -0.295 e. The molecule has 0 unspecified atom stereocenters. The second kappa shape index (κ2) is 4.85. The molecule has 0 aromatic heterocycles. The van der Waals surface area contributed by atoms with E-state index in [9.17, 15) is 4.79 Å². The van der Waals surface area contributed by atoms with Crippen molar-refractivity contribution in [2.45, 2.75) is 19.3 Å². The molecular formula is C18H16O. The Morgan fingerprint density at radius 1 is 0.895 bits per heavy atom. The van der Waals surface area contributed by atoms with E-state index >= 15 is 0 Å². The van der Waals surface area contributed by atoms with Gasteiger partial charge < -0.3 is 0 Å². The van der Waals surface area contributed by atoms with Crippen LogP contribution < -0.4 is 0 Å². The number of carbonyl (C=O) groups is 1. The zero-order valence-corrected chi connectivity index (χ0v) is 11.0. The molecule has 1 aliphatic carbocycles. The van der Waals surface area contributed by atoms with Crippen LogP contribution in [-0.2, 0) is 4.79 Å². The average molecular weight is 248 g/mol. The van der Waals surface area contributed by atoms with Crippen molar-refractivity contribution in [3.63, 3.8) is 0 Å². The first-order chi connectivity index (χ1) is 9.27. The van der Waals surface area contributed by atoms with Crippen LogP contribution in [0.2, 0.25) is 0 Å².